The molecule has 0 saturated heterocycles. The van der Waals surface area contributed by atoms with Crippen molar-refractivity contribution in [2.45, 2.75) is 20.3 Å². The predicted molar refractivity (Wildman–Crippen MR) is 49.2 cm³/mol. The van der Waals surface area contributed by atoms with Crippen molar-refractivity contribution in [1.82, 2.24) is 4.98 Å². The Hall–Kier alpha value is 0.521. The Kier molecular flexibility index (Phi) is 6.33. The van der Waals surface area contributed by atoms with Crippen LogP contribution in [0.4, 0.5) is 0 Å². The van der Waals surface area contributed by atoms with Gasteiger partial charge in [-0.1, -0.05) is 13.3 Å². The standard InChI is InChI=1S/C9H11BNO.K/c1-4-8-5-11-7(3)9(12-10)6(8)2;/h5H,2,4H2,1,3H3;/q-1;+1. The average Bonchev–Trinajstić information content (AvgIpc) is 2.06. The number of hydrogen-bond acceptors (Lipinski definition) is 2. The van der Waals surface area contributed by atoms with Crippen molar-refractivity contribution in [1.29, 1.82) is 0 Å². The third-order valence-corrected chi connectivity index (χ3v) is 1.90. The summed E-state index contributed by atoms with van der Waals surface area (Å²) in [5.74, 6) is 0.592. The van der Waals surface area contributed by atoms with Crippen LogP contribution in [0.1, 0.15) is 23.7 Å². The molecule has 2 nitrogen and oxygen atoms in total. The first-order valence-electron chi connectivity index (χ1n) is 3.87. The third-order valence-electron chi connectivity index (χ3n) is 1.90. The van der Waals surface area contributed by atoms with E-state index in [1.807, 2.05) is 13.8 Å². The molecule has 0 amide bonds. The summed E-state index contributed by atoms with van der Waals surface area (Å²) in [4.78, 5) is 4.14. The number of pyridine rings is 1. The van der Waals surface area contributed by atoms with E-state index in [0.29, 0.717) is 5.75 Å². The summed E-state index contributed by atoms with van der Waals surface area (Å²) in [6, 6.07) is 0. The molecule has 1 aromatic heterocycles. The molecular weight excluding hydrogens is 188 g/mol. The summed E-state index contributed by atoms with van der Waals surface area (Å²) < 4.78 is 4.69. The number of hydrogen-bond donors (Lipinski definition) is 0. The van der Waals surface area contributed by atoms with Crippen LogP contribution in [0, 0.1) is 13.8 Å². The molecule has 1 rings (SSSR count). The molecule has 62 valence electrons. The second-order valence-electron chi connectivity index (χ2n) is 2.65. The molecule has 13 heavy (non-hydrogen) atoms. The van der Waals surface area contributed by atoms with Gasteiger partial charge in [-0.25, -0.2) is 0 Å². The third kappa shape index (κ3) is 2.99. The minimum Gasteiger partial charge on any atom is -0.626 e. The fourth-order valence-corrected chi connectivity index (χ4v) is 1.14. The second-order valence-corrected chi connectivity index (χ2v) is 2.65. The first-order valence-corrected chi connectivity index (χ1v) is 3.87. The summed E-state index contributed by atoms with van der Waals surface area (Å²) in [7, 11) is 5.10. The van der Waals surface area contributed by atoms with E-state index in [4.69, 9.17) is 12.7 Å². The van der Waals surface area contributed by atoms with Gasteiger partial charge in [0.05, 0.1) is 0 Å². The maximum atomic E-state index is 5.10. The van der Waals surface area contributed by atoms with Gasteiger partial charge in [0, 0.05) is 11.4 Å². The SMILES string of the molecule is [B]Oc1c(C)ncc(CC)c1[CH2-].[K+]. The molecule has 4 heteroatoms. The molecule has 2 radical (unpaired) electrons. The van der Waals surface area contributed by atoms with Crippen molar-refractivity contribution < 1.29 is 56.0 Å². The van der Waals surface area contributed by atoms with Crippen LogP contribution in [0.3, 0.4) is 0 Å². The zero-order chi connectivity index (χ0) is 9.14. The molecule has 0 spiro atoms. The molecule has 0 aliphatic heterocycles. The van der Waals surface area contributed by atoms with E-state index in [-0.39, 0.29) is 51.4 Å². The van der Waals surface area contributed by atoms with Crippen LogP contribution >= 0.6 is 0 Å². The minimum atomic E-state index is 0. The molecule has 0 aliphatic rings. The Morgan fingerprint density at radius 1 is 1.62 bits per heavy atom. The Morgan fingerprint density at radius 2 is 2.23 bits per heavy atom. The Bertz CT molecular complexity index is 291. The van der Waals surface area contributed by atoms with Gasteiger partial charge in [-0.15, -0.1) is 11.1 Å². The van der Waals surface area contributed by atoms with Crippen molar-refractivity contribution in [3.63, 3.8) is 0 Å². The van der Waals surface area contributed by atoms with Crippen molar-refractivity contribution in [2.75, 3.05) is 0 Å². The van der Waals surface area contributed by atoms with Crippen LogP contribution in [0.2, 0.25) is 0 Å². The normalized spacial score (nSPS) is 9.08. The van der Waals surface area contributed by atoms with E-state index in [0.717, 1.165) is 23.2 Å². The summed E-state index contributed by atoms with van der Waals surface area (Å²) in [5.41, 5.74) is 2.69. The summed E-state index contributed by atoms with van der Waals surface area (Å²) in [6.07, 6.45) is 2.70. The van der Waals surface area contributed by atoms with Crippen molar-refractivity contribution in [3.05, 3.63) is 29.9 Å². The molecule has 0 fully saturated rings. The molecule has 0 bridgehead atoms. The van der Waals surface area contributed by atoms with Crippen LogP contribution in [-0.2, 0) is 6.42 Å². The maximum absolute atomic E-state index is 5.10. The summed E-state index contributed by atoms with van der Waals surface area (Å²) in [5, 5.41) is 0. The molecular formula is C9H11BKNO. The summed E-state index contributed by atoms with van der Waals surface area (Å²) in [6.45, 7) is 7.76. The number of aryl methyl sites for hydroxylation is 2. The smallest absolute Gasteiger partial charge is 0.626 e. The average molecular weight is 199 g/mol. The van der Waals surface area contributed by atoms with Gasteiger partial charge in [0.25, 0.3) is 0 Å². The van der Waals surface area contributed by atoms with Crippen molar-refractivity contribution in [3.8, 4) is 5.75 Å². The van der Waals surface area contributed by atoms with Gasteiger partial charge in [-0.2, -0.15) is 6.92 Å². The first-order chi connectivity index (χ1) is 5.70. The van der Waals surface area contributed by atoms with E-state index in [2.05, 4.69) is 11.9 Å². The minimum absolute atomic E-state index is 0. The number of aromatic nitrogens is 1. The molecule has 0 unspecified atom stereocenters. The van der Waals surface area contributed by atoms with E-state index in [1.54, 1.807) is 6.20 Å². The molecule has 0 aromatic carbocycles. The fraction of sp³-hybridized carbons (Fsp3) is 0.333. The monoisotopic (exact) mass is 199 g/mol. The van der Waals surface area contributed by atoms with Gasteiger partial charge >= 0.3 is 59.4 Å². The quantitative estimate of drug-likeness (QED) is 0.431. The van der Waals surface area contributed by atoms with Crippen molar-refractivity contribution >= 4 is 8.05 Å². The maximum Gasteiger partial charge on any atom is 1.00 e. The Balaban J connectivity index is 0.00000144. The molecule has 0 N–H and O–H groups in total. The summed E-state index contributed by atoms with van der Waals surface area (Å²) >= 11 is 0. The van der Waals surface area contributed by atoms with Gasteiger partial charge in [-0.05, 0) is 13.1 Å². The van der Waals surface area contributed by atoms with Crippen LogP contribution < -0.4 is 56.0 Å². The van der Waals surface area contributed by atoms with E-state index in [9.17, 15) is 0 Å². The van der Waals surface area contributed by atoms with E-state index < -0.39 is 0 Å². The molecule has 0 aliphatic carbocycles. The van der Waals surface area contributed by atoms with Crippen LogP contribution in [0.25, 0.3) is 0 Å². The van der Waals surface area contributed by atoms with Crippen LogP contribution in [0.5, 0.6) is 5.75 Å². The Morgan fingerprint density at radius 3 is 2.69 bits per heavy atom. The zero-order valence-corrected chi connectivity index (χ0v) is 11.5. The molecule has 1 heterocycles. The Labute approximate surface area is 123 Å². The van der Waals surface area contributed by atoms with Gasteiger partial charge in [0.15, 0.2) is 0 Å². The number of nitrogens with zero attached hydrogens (tertiary/aromatic N) is 1. The van der Waals surface area contributed by atoms with E-state index >= 15 is 0 Å². The van der Waals surface area contributed by atoms with Crippen LogP contribution in [-0.4, -0.2) is 13.0 Å². The second kappa shape index (κ2) is 6.09. The first kappa shape index (κ1) is 13.5. The fourth-order valence-electron chi connectivity index (χ4n) is 1.14. The molecule has 1 aromatic rings. The van der Waals surface area contributed by atoms with E-state index in [1.165, 1.54) is 0 Å². The molecule has 0 atom stereocenters. The zero-order valence-electron chi connectivity index (χ0n) is 8.42. The van der Waals surface area contributed by atoms with Crippen LogP contribution in [0.15, 0.2) is 6.20 Å². The van der Waals surface area contributed by atoms with Crippen molar-refractivity contribution in [2.24, 2.45) is 0 Å². The van der Waals surface area contributed by atoms with Gasteiger partial charge in [-0.3, -0.25) is 4.98 Å². The van der Waals surface area contributed by atoms with Gasteiger partial charge in [0.1, 0.15) is 0 Å². The predicted octanol–water partition coefficient (Wildman–Crippen LogP) is -1.40. The topological polar surface area (TPSA) is 22.1 Å². The molecule has 0 saturated carbocycles. The van der Waals surface area contributed by atoms with Gasteiger partial charge < -0.3 is 4.65 Å². The largest absolute Gasteiger partial charge is 1.00 e. The number of rotatable bonds is 2. The van der Waals surface area contributed by atoms with Gasteiger partial charge in [0.2, 0.25) is 0 Å².